The number of carbonyl (C=O) groups is 1. The number of halogens is 2. The molecular weight excluding hydrogens is 403 g/mol. The average Bonchev–Trinajstić information content (AvgIpc) is 2.98. The maximum Gasteiger partial charge on any atom is 0.279 e. The van der Waals surface area contributed by atoms with Gasteiger partial charge in [-0.25, -0.2) is 0 Å². The Bertz CT molecular complexity index is 1070. The fourth-order valence-electron chi connectivity index (χ4n) is 2.81. The fourth-order valence-corrected chi connectivity index (χ4v) is 4.17. The van der Waals surface area contributed by atoms with Crippen LogP contribution in [0.2, 0.25) is 10.0 Å². The molecule has 0 saturated heterocycles. The lowest BCUT2D eigenvalue weighted by molar-refractivity contribution is 0.0997. The number of hydrogen-bond acceptors (Lipinski definition) is 3. The van der Waals surface area contributed by atoms with E-state index >= 15 is 0 Å². The number of hydrogen-bond donors (Lipinski definition) is 0. The summed E-state index contributed by atoms with van der Waals surface area (Å²) < 4.78 is 7.19. The van der Waals surface area contributed by atoms with Gasteiger partial charge >= 0.3 is 0 Å². The van der Waals surface area contributed by atoms with Gasteiger partial charge in [-0.05, 0) is 44.2 Å². The van der Waals surface area contributed by atoms with Gasteiger partial charge in [-0.3, -0.25) is 4.79 Å². The van der Waals surface area contributed by atoms with Crippen LogP contribution in [0, 0.1) is 6.92 Å². The smallest absolute Gasteiger partial charge is 0.279 e. The number of rotatable bonds is 4. The first-order chi connectivity index (χ1) is 12.9. The van der Waals surface area contributed by atoms with Crippen molar-refractivity contribution in [3.63, 3.8) is 0 Å². The van der Waals surface area contributed by atoms with E-state index in [1.54, 1.807) is 37.4 Å². The number of aromatic nitrogens is 1. The molecule has 0 spiro atoms. The van der Waals surface area contributed by atoms with Crippen molar-refractivity contribution in [3.05, 3.63) is 67.8 Å². The van der Waals surface area contributed by atoms with Crippen LogP contribution < -0.4 is 9.54 Å². The minimum atomic E-state index is -0.307. The lowest BCUT2D eigenvalue weighted by atomic mass is 10.1. The van der Waals surface area contributed by atoms with E-state index in [0.717, 1.165) is 16.1 Å². The third kappa shape index (κ3) is 4.10. The molecule has 140 valence electrons. The van der Waals surface area contributed by atoms with Crippen LogP contribution in [0.3, 0.4) is 0 Å². The second kappa shape index (κ2) is 8.30. The van der Waals surface area contributed by atoms with Crippen molar-refractivity contribution in [3.8, 4) is 17.0 Å². The lowest BCUT2D eigenvalue weighted by Gasteiger charge is -2.08. The maximum atomic E-state index is 12.6. The molecule has 0 unspecified atom stereocenters. The van der Waals surface area contributed by atoms with Crippen molar-refractivity contribution in [1.82, 2.24) is 4.57 Å². The van der Waals surface area contributed by atoms with Crippen molar-refractivity contribution in [2.45, 2.75) is 20.4 Å². The third-order valence-electron chi connectivity index (χ3n) is 4.10. The number of thiazole rings is 1. The van der Waals surface area contributed by atoms with Gasteiger partial charge in [-0.2, -0.15) is 4.99 Å². The van der Waals surface area contributed by atoms with E-state index in [0.29, 0.717) is 32.7 Å². The fraction of sp³-hybridized carbons (Fsp3) is 0.200. The third-order valence-corrected chi connectivity index (χ3v) is 5.83. The summed E-state index contributed by atoms with van der Waals surface area (Å²) in [6.07, 6.45) is 0. The Morgan fingerprint density at radius 1 is 1.19 bits per heavy atom. The highest BCUT2D eigenvalue weighted by Gasteiger charge is 2.14. The highest BCUT2D eigenvalue weighted by Crippen LogP contribution is 2.31. The molecule has 1 amide bonds. The van der Waals surface area contributed by atoms with E-state index < -0.39 is 0 Å². The molecule has 0 fully saturated rings. The predicted octanol–water partition coefficient (Wildman–Crippen LogP) is 5.60. The first-order valence-electron chi connectivity index (χ1n) is 8.33. The summed E-state index contributed by atoms with van der Waals surface area (Å²) >= 11 is 13.7. The summed E-state index contributed by atoms with van der Waals surface area (Å²) in [5.41, 5.74) is 2.41. The zero-order chi connectivity index (χ0) is 19.6. The van der Waals surface area contributed by atoms with Crippen molar-refractivity contribution < 1.29 is 9.53 Å². The van der Waals surface area contributed by atoms with Crippen LogP contribution in [-0.2, 0) is 6.54 Å². The Morgan fingerprint density at radius 2 is 1.96 bits per heavy atom. The normalized spacial score (nSPS) is 11.7. The number of methoxy groups -OCH3 is 1. The molecule has 0 saturated carbocycles. The quantitative estimate of drug-likeness (QED) is 0.550. The van der Waals surface area contributed by atoms with Crippen molar-refractivity contribution >= 4 is 40.4 Å². The highest BCUT2D eigenvalue weighted by molar-refractivity contribution is 7.09. The molecule has 0 aliphatic heterocycles. The number of nitrogens with zero attached hydrogens (tertiary/aromatic N) is 2. The Hall–Kier alpha value is -2.08. The first kappa shape index (κ1) is 19.7. The van der Waals surface area contributed by atoms with Gasteiger partial charge in [0.1, 0.15) is 5.75 Å². The van der Waals surface area contributed by atoms with Crippen LogP contribution in [0.15, 0.2) is 47.5 Å². The number of amides is 1. The van der Waals surface area contributed by atoms with Gasteiger partial charge in [0.25, 0.3) is 5.91 Å². The molecule has 0 aliphatic rings. The van der Waals surface area contributed by atoms with E-state index in [9.17, 15) is 4.79 Å². The van der Waals surface area contributed by atoms with Gasteiger partial charge in [0.2, 0.25) is 0 Å². The summed E-state index contributed by atoms with van der Waals surface area (Å²) in [6.45, 7) is 4.69. The molecule has 27 heavy (non-hydrogen) atoms. The van der Waals surface area contributed by atoms with Gasteiger partial charge in [0, 0.05) is 22.5 Å². The van der Waals surface area contributed by atoms with E-state index in [4.69, 9.17) is 27.9 Å². The molecular formula is C20H18Cl2N2O2S. The molecule has 3 rings (SSSR count). The van der Waals surface area contributed by atoms with Crippen LogP contribution in [0.5, 0.6) is 5.75 Å². The van der Waals surface area contributed by atoms with Crippen LogP contribution in [0.1, 0.15) is 22.2 Å². The van der Waals surface area contributed by atoms with Gasteiger partial charge in [0.15, 0.2) is 4.80 Å². The van der Waals surface area contributed by atoms with Crippen LogP contribution in [0.4, 0.5) is 0 Å². The molecule has 0 radical (unpaired) electrons. The van der Waals surface area contributed by atoms with Gasteiger partial charge in [-0.15, -0.1) is 11.3 Å². The Labute approximate surface area is 171 Å². The molecule has 0 atom stereocenters. The maximum absolute atomic E-state index is 12.6. The molecule has 1 heterocycles. The first-order valence-corrected chi connectivity index (χ1v) is 9.90. The van der Waals surface area contributed by atoms with Crippen LogP contribution in [0.25, 0.3) is 11.3 Å². The van der Waals surface area contributed by atoms with E-state index in [1.807, 2.05) is 30.5 Å². The second-order valence-corrected chi connectivity index (χ2v) is 7.81. The molecule has 7 heteroatoms. The minimum Gasteiger partial charge on any atom is -0.497 e. The van der Waals surface area contributed by atoms with Gasteiger partial charge in [0.05, 0.1) is 22.8 Å². The Kier molecular flexibility index (Phi) is 6.05. The van der Waals surface area contributed by atoms with Crippen molar-refractivity contribution in [2.75, 3.05) is 7.11 Å². The van der Waals surface area contributed by atoms with Gasteiger partial charge < -0.3 is 9.30 Å². The van der Waals surface area contributed by atoms with Crippen molar-refractivity contribution in [1.29, 1.82) is 0 Å². The lowest BCUT2D eigenvalue weighted by Crippen LogP contribution is -2.17. The van der Waals surface area contributed by atoms with Crippen LogP contribution in [-0.4, -0.2) is 17.6 Å². The topological polar surface area (TPSA) is 43.6 Å². The Morgan fingerprint density at radius 3 is 2.63 bits per heavy atom. The van der Waals surface area contributed by atoms with E-state index in [2.05, 4.69) is 4.99 Å². The molecule has 1 aromatic heterocycles. The summed E-state index contributed by atoms with van der Waals surface area (Å²) in [5.74, 6) is 0.316. The SMILES string of the molecule is CCn1c(-c2ccc(Cl)c(Cl)c2)c(C)sc1=NC(=O)c1cccc(OC)c1. The zero-order valence-corrected chi connectivity index (χ0v) is 17.5. The highest BCUT2D eigenvalue weighted by atomic mass is 35.5. The number of ether oxygens (including phenoxy) is 1. The van der Waals surface area contributed by atoms with Crippen molar-refractivity contribution in [2.24, 2.45) is 4.99 Å². The molecule has 3 aromatic rings. The average molecular weight is 421 g/mol. The van der Waals surface area contributed by atoms with Gasteiger partial charge in [-0.1, -0.05) is 35.3 Å². The molecule has 4 nitrogen and oxygen atoms in total. The second-order valence-electron chi connectivity index (χ2n) is 5.81. The predicted molar refractivity (Wildman–Crippen MR) is 111 cm³/mol. The minimum absolute atomic E-state index is 0.307. The van der Waals surface area contributed by atoms with Crippen LogP contribution >= 0.6 is 34.5 Å². The molecule has 2 aromatic carbocycles. The summed E-state index contributed by atoms with van der Waals surface area (Å²) in [7, 11) is 1.57. The number of aryl methyl sites for hydroxylation is 1. The monoisotopic (exact) mass is 420 g/mol. The standard InChI is InChI=1S/C20H18Cl2N2O2S/c1-4-24-18(13-8-9-16(21)17(22)11-13)12(2)27-20(24)23-19(25)14-6-5-7-15(10-14)26-3/h5-11H,4H2,1-3H3. The van der Waals surface area contributed by atoms with E-state index in [-0.39, 0.29) is 5.91 Å². The summed E-state index contributed by atoms with van der Waals surface area (Å²) in [6, 6.07) is 12.5. The molecule has 0 N–H and O–H groups in total. The Balaban J connectivity index is 2.10. The summed E-state index contributed by atoms with van der Waals surface area (Å²) in [5, 5.41) is 1.00. The largest absolute Gasteiger partial charge is 0.497 e. The summed E-state index contributed by atoms with van der Waals surface area (Å²) in [4.78, 5) is 18.7. The van der Waals surface area contributed by atoms with E-state index in [1.165, 1.54) is 11.3 Å². The number of benzene rings is 2. The zero-order valence-electron chi connectivity index (χ0n) is 15.1. The molecule has 0 aliphatic carbocycles. The number of carbonyl (C=O) groups excluding carboxylic acids is 1. The molecule has 0 bridgehead atoms.